The first kappa shape index (κ1) is 14.3. The fourth-order valence-electron chi connectivity index (χ4n) is 3.22. The molecule has 1 aliphatic rings. The van der Waals surface area contributed by atoms with Gasteiger partial charge in [-0.05, 0) is 42.1 Å². The summed E-state index contributed by atoms with van der Waals surface area (Å²) in [5.74, 6) is 1.41. The van der Waals surface area contributed by atoms with Gasteiger partial charge in [0, 0.05) is 18.3 Å². The predicted octanol–water partition coefficient (Wildman–Crippen LogP) is 2.52. The Morgan fingerprint density at radius 2 is 2.38 bits per heavy atom. The van der Waals surface area contributed by atoms with Crippen molar-refractivity contribution in [2.45, 2.75) is 32.1 Å². The maximum absolute atomic E-state index is 11.9. The van der Waals surface area contributed by atoms with Gasteiger partial charge < -0.3 is 10.5 Å². The van der Waals surface area contributed by atoms with Crippen molar-refractivity contribution < 1.29 is 9.53 Å². The monoisotopic (exact) mass is 352 g/mol. The summed E-state index contributed by atoms with van der Waals surface area (Å²) >= 11 is 3.44. The standard InChI is InChI=1S/C14H17BrN4O2/c1-14(13(20)21-2)4-3-8(7-14)12-18-10(15)9-11(16)17-5-6-19(9)12/h5-6,8H,3-4,7H2,1-2H3,(H2,16,17)/t8-,14-/m1/s1. The van der Waals surface area contributed by atoms with E-state index in [4.69, 9.17) is 10.5 Å². The third-order valence-electron chi connectivity index (χ3n) is 4.35. The fourth-order valence-corrected chi connectivity index (χ4v) is 3.80. The summed E-state index contributed by atoms with van der Waals surface area (Å²) in [6.45, 7) is 1.96. The number of nitrogens with zero attached hydrogens (tertiary/aromatic N) is 3. The number of rotatable bonds is 2. The molecule has 1 fully saturated rings. The maximum Gasteiger partial charge on any atom is 0.311 e. The maximum atomic E-state index is 11.9. The topological polar surface area (TPSA) is 82.5 Å². The highest BCUT2D eigenvalue weighted by Gasteiger charge is 2.44. The van der Waals surface area contributed by atoms with Gasteiger partial charge in [-0.2, -0.15) is 0 Å². The lowest BCUT2D eigenvalue weighted by atomic mass is 9.88. The number of carbonyl (C=O) groups excluding carboxylic acids is 1. The molecule has 0 amide bonds. The number of aromatic nitrogens is 3. The quantitative estimate of drug-likeness (QED) is 0.839. The molecule has 21 heavy (non-hydrogen) atoms. The van der Waals surface area contributed by atoms with Crippen LogP contribution in [0, 0.1) is 5.41 Å². The van der Waals surface area contributed by atoms with Crippen molar-refractivity contribution >= 4 is 33.2 Å². The highest BCUT2D eigenvalue weighted by Crippen LogP contribution is 2.47. The summed E-state index contributed by atoms with van der Waals surface area (Å²) in [7, 11) is 1.44. The van der Waals surface area contributed by atoms with Crippen LogP contribution in [-0.2, 0) is 9.53 Å². The number of hydrogen-bond acceptors (Lipinski definition) is 5. The zero-order chi connectivity index (χ0) is 15.2. The van der Waals surface area contributed by atoms with Crippen LogP contribution < -0.4 is 5.73 Å². The van der Waals surface area contributed by atoms with E-state index in [0.29, 0.717) is 10.4 Å². The number of nitrogens with two attached hydrogens (primary N) is 1. The van der Waals surface area contributed by atoms with Crippen LogP contribution in [0.3, 0.4) is 0 Å². The first-order valence-corrected chi connectivity index (χ1v) is 7.62. The number of ether oxygens (including phenoxy) is 1. The van der Waals surface area contributed by atoms with Crippen molar-refractivity contribution in [2.24, 2.45) is 5.41 Å². The molecule has 0 aliphatic heterocycles. The Kier molecular flexibility index (Phi) is 3.39. The molecule has 2 aromatic heterocycles. The SMILES string of the molecule is COC(=O)[C@]1(C)CC[C@@H](c2nc(Br)c3c(N)nccn23)C1. The number of carbonyl (C=O) groups is 1. The van der Waals surface area contributed by atoms with Crippen molar-refractivity contribution in [1.82, 2.24) is 14.4 Å². The molecule has 2 N–H and O–H groups in total. The summed E-state index contributed by atoms with van der Waals surface area (Å²) < 4.78 is 7.58. The van der Waals surface area contributed by atoms with E-state index in [1.165, 1.54) is 7.11 Å². The molecule has 0 saturated heterocycles. The average molecular weight is 353 g/mol. The van der Waals surface area contributed by atoms with Gasteiger partial charge in [-0.15, -0.1) is 0 Å². The fraction of sp³-hybridized carbons (Fsp3) is 0.500. The van der Waals surface area contributed by atoms with Gasteiger partial charge in [-0.1, -0.05) is 0 Å². The number of hydrogen-bond donors (Lipinski definition) is 1. The second kappa shape index (κ2) is 4.98. The molecule has 0 radical (unpaired) electrons. The van der Waals surface area contributed by atoms with E-state index >= 15 is 0 Å². The zero-order valence-electron chi connectivity index (χ0n) is 12.0. The molecular weight excluding hydrogens is 336 g/mol. The lowest BCUT2D eigenvalue weighted by molar-refractivity contribution is -0.151. The van der Waals surface area contributed by atoms with Crippen molar-refractivity contribution in [1.29, 1.82) is 0 Å². The molecule has 0 bridgehead atoms. The average Bonchev–Trinajstić information content (AvgIpc) is 3.01. The largest absolute Gasteiger partial charge is 0.469 e. The van der Waals surface area contributed by atoms with Gasteiger partial charge in [0.25, 0.3) is 0 Å². The van der Waals surface area contributed by atoms with Crippen molar-refractivity contribution in [2.75, 3.05) is 12.8 Å². The molecule has 2 atom stereocenters. The van der Waals surface area contributed by atoms with Crippen LogP contribution in [0.4, 0.5) is 5.82 Å². The third kappa shape index (κ3) is 2.19. The molecule has 1 saturated carbocycles. The second-order valence-electron chi connectivity index (χ2n) is 5.78. The molecule has 0 spiro atoms. The van der Waals surface area contributed by atoms with Gasteiger partial charge in [0.05, 0.1) is 12.5 Å². The Balaban J connectivity index is 2.00. The molecule has 0 aromatic carbocycles. The lowest BCUT2D eigenvalue weighted by Gasteiger charge is -2.20. The van der Waals surface area contributed by atoms with E-state index in [1.54, 1.807) is 6.20 Å². The molecule has 0 unspecified atom stereocenters. The zero-order valence-corrected chi connectivity index (χ0v) is 13.6. The van der Waals surface area contributed by atoms with Gasteiger partial charge in [0.2, 0.25) is 0 Å². The summed E-state index contributed by atoms with van der Waals surface area (Å²) in [4.78, 5) is 20.6. The second-order valence-corrected chi connectivity index (χ2v) is 6.54. The minimum absolute atomic E-state index is 0.147. The number of methoxy groups -OCH3 is 1. The first-order chi connectivity index (χ1) is 9.96. The minimum Gasteiger partial charge on any atom is -0.469 e. The van der Waals surface area contributed by atoms with Crippen LogP contribution in [0.1, 0.15) is 37.9 Å². The molecule has 6 nitrogen and oxygen atoms in total. The van der Waals surface area contributed by atoms with Crippen molar-refractivity contribution in [3.8, 4) is 0 Å². The molecule has 112 valence electrons. The summed E-state index contributed by atoms with van der Waals surface area (Å²) in [5.41, 5.74) is 6.26. The molecule has 7 heteroatoms. The van der Waals surface area contributed by atoms with E-state index < -0.39 is 5.41 Å². The summed E-state index contributed by atoms with van der Waals surface area (Å²) in [6.07, 6.45) is 5.95. The number of fused-ring (bicyclic) bond motifs is 1. The molecule has 2 aromatic rings. The minimum atomic E-state index is -0.434. The smallest absolute Gasteiger partial charge is 0.311 e. The summed E-state index contributed by atoms with van der Waals surface area (Å²) in [5, 5.41) is 0. The Morgan fingerprint density at radius 3 is 3.10 bits per heavy atom. The Hall–Kier alpha value is -1.63. The van der Waals surface area contributed by atoms with E-state index in [2.05, 4.69) is 25.9 Å². The van der Waals surface area contributed by atoms with E-state index in [0.717, 1.165) is 30.6 Å². The normalized spacial score (nSPS) is 25.4. The van der Waals surface area contributed by atoms with Gasteiger partial charge in [-0.25, -0.2) is 9.97 Å². The molecule has 3 rings (SSSR count). The van der Waals surface area contributed by atoms with Gasteiger partial charge in [0.1, 0.15) is 15.9 Å². The number of imidazole rings is 1. The van der Waals surface area contributed by atoms with Crippen LogP contribution in [0.2, 0.25) is 0 Å². The molecular formula is C14H17BrN4O2. The summed E-state index contributed by atoms with van der Waals surface area (Å²) in [6, 6.07) is 0. The molecule has 2 heterocycles. The Bertz CT molecular complexity index is 714. The number of halogens is 1. The van der Waals surface area contributed by atoms with Crippen LogP contribution in [0.15, 0.2) is 17.0 Å². The predicted molar refractivity (Wildman–Crippen MR) is 81.8 cm³/mol. The number of nitrogen functional groups attached to an aromatic ring is 1. The van der Waals surface area contributed by atoms with Crippen LogP contribution in [0.5, 0.6) is 0 Å². The van der Waals surface area contributed by atoms with Crippen molar-refractivity contribution in [3.63, 3.8) is 0 Å². The van der Waals surface area contributed by atoms with Gasteiger partial charge in [-0.3, -0.25) is 9.20 Å². The molecule has 1 aliphatic carbocycles. The Morgan fingerprint density at radius 1 is 1.62 bits per heavy atom. The highest BCUT2D eigenvalue weighted by atomic mass is 79.9. The number of anilines is 1. The van der Waals surface area contributed by atoms with E-state index in [-0.39, 0.29) is 11.9 Å². The lowest BCUT2D eigenvalue weighted by Crippen LogP contribution is -2.26. The van der Waals surface area contributed by atoms with Crippen molar-refractivity contribution in [3.05, 3.63) is 22.8 Å². The van der Waals surface area contributed by atoms with E-state index in [1.807, 2.05) is 17.5 Å². The van der Waals surface area contributed by atoms with Crippen LogP contribution >= 0.6 is 15.9 Å². The van der Waals surface area contributed by atoms with E-state index in [9.17, 15) is 4.79 Å². The van der Waals surface area contributed by atoms with Crippen LogP contribution in [-0.4, -0.2) is 27.4 Å². The third-order valence-corrected chi connectivity index (χ3v) is 4.91. The van der Waals surface area contributed by atoms with Gasteiger partial charge >= 0.3 is 5.97 Å². The highest BCUT2D eigenvalue weighted by molar-refractivity contribution is 9.10. The Labute approximate surface area is 130 Å². The van der Waals surface area contributed by atoms with Crippen LogP contribution in [0.25, 0.3) is 5.52 Å². The number of esters is 1. The first-order valence-electron chi connectivity index (χ1n) is 6.82. The van der Waals surface area contributed by atoms with Gasteiger partial charge in [0.15, 0.2) is 5.82 Å².